The van der Waals surface area contributed by atoms with Crippen LogP contribution in [0.2, 0.25) is 0 Å². The van der Waals surface area contributed by atoms with Gasteiger partial charge in [0.05, 0.1) is 22.5 Å². The number of aryl methyl sites for hydroxylation is 1. The summed E-state index contributed by atoms with van der Waals surface area (Å²) in [6.07, 6.45) is 1.90. The summed E-state index contributed by atoms with van der Waals surface area (Å²) >= 11 is 0. The van der Waals surface area contributed by atoms with Gasteiger partial charge in [0, 0.05) is 25.1 Å². The lowest BCUT2D eigenvalue weighted by Crippen LogP contribution is -2.43. The summed E-state index contributed by atoms with van der Waals surface area (Å²) < 4.78 is 48.8. The van der Waals surface area contributed by atoms with E-state index in [2.05, 4.69) is 21.7 Å². The van der Waals surface area contributed by atoms with Crippen molar-refractivity contribution in [3.05, 3.63) is 34.1 Å². The fourth-order valence-electron chi connectivity index (χ4n) is 6.95. The Balaban J connectivity index is 1.51. The number of rotatable bonds is 7. The number of hydrogen-bond donors (Lipinski definition) is 1. The molecule has 0 saturated carbocycles. The highest BCUT2D eigenvalue weighted by atomic mass is 19.4. The molecule has 5 rings (SSSR count). The average Bonchev–Trinajstić information content (AvgIpc) is 3.41. The van der Waals surface area contributed by atoms with Crippen LogP contribution in [0.1, 0.15) is 79.9 Å². The van der Waals surface area contributed by atoms with Crippen molar-refractivity contribution in [3.8, 4) is 6.01 Å². The van der Waals surface area contributed by atoms with E-state index >= 15 is 0 Å². The molecular formula is C28H39F3N6O. The third-order valence-electron chi connectivity index (χ3n) is 8.78. The van der Waals surface area contributed by atoms with Gasteiger partial charge in [-0.3, -0.25) is 4.90 Å². The number of hydrogen-bond acceptors (Lipinski definition) is 7. The zero-order chi connectivity index (χ0) is 27.2. The molecule has 208 valence electrons. The Morgan fingerprint density at radius 2 is 1.87 bits per heavy atom. The fraction of sp³-hybridized carbons (Fsp3) is 0.679. The van der Waals surface area contributed by atoms with Gasteiger partial charge < -0.3 is 15.4 Å². The summed E-state index contributed by atoms with van der Waals surface area (Å²) in [4.78, 5) is 18.6. The normalized spacial score (nSPS) is 22.8. The minimum atomic E-state index is -4.51. The second kappa shape index (κ2) is 10.2. The van der Waals surface area contributed by atoms with Crippen LogP contribution in [-0.2, 0) is 19.0 Å². The molecular weight excluding hydrogens is 493 g/mol. The maximum Gasteiger partial charge on any atom is 0.418 e. The first-order valence-electron chi connectivity index (χ1n) is 13.9. The molecule has 2 saturated heterocycles. The number of ether oxygens (including phenoxy) is 1. The minimum Gasteiger partial charge on any atom is -0.461 e. The van der Waals surface area contributed by atoms with Crippen LogP contribution in [0.3, 0.4) is 0 Å². The number of nitrogens with zero attached hydrogens (tertiary/aromatic N) is 5. The lowest BCUT2D eigenvalue weighted by Gasteiger charge is -2.35. The highest BCUT2D eigenvalue weighted by Crippen LogP contribution is 2.45. The Labute approximate surface area is 223 Å². The van der Waals surface area contributed by atoms with E-state index in [1.165, 1.54) is 25.8 Å². The van der Waals surface area contributed by atoms with Crippen molar-refractivity contribution in [2.75, 3.05) is 43.9 Å². The van der Waals surface area contributed by atoms with Crippen LogP contribution >= 0.6 is 0 Å². The number of nitrogen functional groups attached to an aromatic ring is 1. The molecule has 38 heavy (non-hydrogen) atoms. The molecule has 4 heterocycles. The predicted octanol–water partition coefficient (Wildman–Crippen LogP) is 5.15. The number of aromatic nitrogens is 3. The van der Waals surface area contributed by atoms with E-state index in [1.54, 1.807) is 0 Å². The number of halogens is 3. The van der Waals surface area contributed by atoms with Gasteiger partial charge >= 0.3 is 12.2 Å². The molecule has 0 spiro atoms. The summed E-state index contributed by atoms with van der Waals surface area (Å²) in [6.45, 7) is 9.10. The molecule has 7 nitrogen and oxygen atoms in total. The quantitative estimate of drug-likeness (QED) is 0.528. The van der Waals surface area contributed by atoms with E-state index in [0.717, 1.165) is 56.0 Å². The fourth-order valence-corrected chi connectivity index (χ4v) is 6.95. The van der Waals surface area contributed by atoms with E-state index in [-0.39, 0.29) is 28.5 Å². The first-order chi connectivity index (χ1) is 18.0. The molecule has 3 aliphatic rings. The van der Waals surface area contributed by atoms with Gasteiger partial charge in [-0.15, -0.1) is 0 Å². The molecule has 2 N–H and O–H groups in total. The summed E-state index contributed by atoms with van der Waals surface area (Å²) in [7, 11) is 2.01. The zero-order valence-corrected chi connectivity index (χ0v) is 22.9. The first-order valence-corrected chi connectivity index (χ1v) is 13.9. The number of fused-ring (bicyclic) bond motifs is 2. The van der Waals surface area contributed by atoms with E-state index < -0.39 is 17.7 Å². The van der Waals surface area contributed by atoms with Gasteiger partial charge in [0.15, 0.2) is 0 Å². The molecule has 0 amide bonds. The van der Waals surface area contributed by atoms with Gasteiger partial charge in [0.2, 0.25) is 0 Å². The van der Waals surface area contributed by atoms with Crippen LogP contribution in [0, 0.1) is 12.8 Å². The van der Waals surface area contributed by atoms with Crippen molar-refractivity contribution >= 4 is 11.6 Å². The molecule has 1 aliphatic carbocycles. The number of alkyl halides is 3. The zero-order valence-electron chi connectivity index (χ0n) is 22.9. The van der Waals surface area contributed by atoms with Gasteiger partial charge in [0.1, 0.15) is 18.2 Å². The first kappa shape index (κ1) is 27.0. The van der Waals surface area contributed by atoms with Gasteiger partial charge in [0.25, 0.3) is 0 Å². The van der Waals surface area contributed by atoms with Crippen molar-refractivity contribution in [2.45, 2.75) is 83.4 Å². The van der Waals surface area contributed by atoms with Crippen LogP contribution in [0.5, 0.6) is 6.01 Å². The number of pyridine rings is 1. The van der Waals surface area contributed by atoms with Gasteiger partial charge in [-0.25, -0.2) is 4.98 Å². The van der Waals surface area contributed by atoms with Crippen molar-refractivity contribution in [3.63, 3.8) is 0 Å². The largest absolute Gasteiger partial charge is 0.461 e. The minimum absolute atomic E-state index is 0.0177. The SMILES string of the molecule is CCCN(C)c1nc(OCC23CCCN2CCC3)nc2c1CC(C)C(c1nc(N)cc(C)c1C(F)(F)F)C2. The van der Waals surface area contributed by atoms with Crippen molar-refractivity contribution in [1.29, 1.82) is 0 Å². The monoisotopic (exact) mass is 532 g/mol. The maximum absolute atomic E-state index is 14.2. The molecule has 0 bridgehead atoms. The Morgan fingerprint density at radius 1 is 1.16 bits per heavy atom. The second-order valence-electron chi connectivity index (χ2n) is 11.5. The molecule has 2 unspecified atom stereocenters. The highest BCUT2D eigenvalue weighted by Gasteiger charge is 2.45. The van der Waals surface area contributed by atoms with Crippen LogP contribution in [0.15, 0.2) is 6.07 Å². The van der Waals surface area contributed by atoms with Gasteiger partial charge in [-0.1, -0.05) is 13.8 Å². The summed E-state index contributed by atoms with van der Waals surface area (Å²) in [5.74, 6) is 0.366. The standard InChI is InChI=1S/C28H39F3N6O/c1-5-10-36(4)25-20-13-17(2)19(24-23(28(29,30)31)18(3)14-22(32)34-24)15-21(20)33-26(35-25)38-16-27-8-6-11-37(27)12-7-9-27/h14,17,19H,5-13,15-16H2,1-4H3,(H2,32,34). The molecule has 2 aliphatic heterocycles. The van der Waals surface area contributed by atoms with Crippen LogP contribution in [0.25, 0.3) is 0 Å². The van der Waals surface area contributed by atoms with Gasteiger partial charge in [-0.05, 0) is 82.5 Å². The van der Waals surface area contributed by atoms with Gasteiger partial charge in [-0.2, -0.15) is 23.1 Å². The molecule has 10 heteroatoms. The Hall–Kier alpha value is -2.62. The van der Waals surface area contributed by atoms with Crippen LogP contribution in [0.4, 0.5) is 24.8 Å². The van der Waals surface area contributed by atoms with Crippen molar-refractivity contribution < 1.29 is 17.9 Å². The lowest BCUT2D eigenvalue weighted by atomic mass is 9.75. The third kappa shape index (κ3) is 4.92. The van der Waals surface area contributed by atoms with Crippen molar-refractivity contribution in [1.82, 2.24) is 19.9 Å². The Bertz CT molecular complexity index is 1180. The number of nitrogens with two attached hydrogens (primary N) is 1. The Morgan fingerprint density at radius 3 is 2.53 bits per heavy atom. The van der Waals surface area contributed by atoms with E-state index in [4.69, 9.17) is 20.4 Å². The molecule has 0 aromatic carbocycles. The van der Waals surface area contributed by atoms with E-state index in [1.807, 2.05) is 14.0 Å². The number of anilines is 2. The molecule has 2 aromatic heterocycles. The average molecular weight is 533 g/mol. The molecule has 2 aromatic rings. The van der Waals surface area contributed by atoms with E-state index in [0.29, 0.717) is 25.5 Å². The smallest absolute Gasteiger partial charge is 0.418 e. The molecule has 0 radical (unpaired) electrons. The molecule has 2 atom stereocenters. The van der Waals surface area contributed by atoms with Crippen LogP contribution in [-0.4, -0.2) is 58.7 Å². The van der Waals surface area contributed by atoms with E-state index in [9.17, 15) is 13.2 Å². The topological polar surface area (TPSA) is 80.4 Å². The van der Waals surface area contributed by atoms with Crippen LogP contribution < -0.4 is 15.4 Å². The second-order valence-corrected chi connectivity index (χ2v) is 11.5. The highest BCUT2D eigenvalue weighted by molar-refractivity contribution is 5.52. The third-order valence-corrected chi connectivity index (χ3v) is 8.78. The summed E-state index contributed by atoms with van der Waals surface area (Å²) in [5.41, 5.74) is 7.18. The molecule has 2 fully saturated rings. The van der Waals surface area contributed by atoms with Crippen molar-refractivity contribution in [2.24, 2.45) is 5.92 Å². The maximum atomic E-state index is 14.2. The predicted molar refractivity (Wildman–Crippen MR) is 142 cm³/mol. The summed E-state index contributed by atoms with van der Waals surface area (Å²) in [6, 6.07) is 1.62. The lowest BCUT2D eigenvalue weighted by molar-refractivity contribution is -0.139. The Kier molecular flexibility index (Phi) is 7.22. The summed E-state index contributed by atoms with van der Waals surface area (Å²) in [5, 5.41) is 0.